The highest BCUT2D eigenvalue weighted by atomic mass is 127. The van der Waals surface area contributed by atoms with Crippen LogP contribution in [0.25, 0.3) is 3.58 Å². The lowest BCUT2D eigenvalue weighted by atomic mass is 10.1. The number of nitrogens with zero attached hydrogens (tertiary/aromatic N) is 1. The van der Waals surface area contributed by atoms with Crippen LogP contribution < -0.4 is 14.8 Å². The summed E-state index contributed by atoms with van der Waals surface area (Å²) in [6.45, 7) is 7.62. The Balaban J connectivity index is 1.60. The van der Waals surface area contributed by atoms with Gasteiger partial charge in [0.1, 0.15) is 0 Å². The van der Waals surface area contributed by atoms with Crippen molar-refractivity contribution in [3.8, 4) is 11.5 Å². The molecular weight excluding hydrogens is 419 g/mol. The maximum atomic E-state index is 6.01. The first-order valence-electron chi connectivity index (χ1n) is 8.46. The van der Waals surface area contributed by atoms with E-state index in [1.807, 2.05) is 0 Å². The van der Waals surface area contributed by atoms with Crippen molar-refractivity contribution in [2.24, 2.45) is 0 Å². The van der Waals surface area contributed by atoms with Crippen LogP contribution in [-0.4, -0.2) is 57.5 Å². The quantitative estimate of drug-likeness (QED) is 0.539. The first kappa shape index (κ1) is 17.8. The molecule has 5 nitrogen and oxygen atoms in total. The second-order valence-electron chi connectivity index (χ2n) is 6.15. The predicted octanol–water partition coefficient (Wildman–Crippen LogP) is 3.39. The van der Waals surface area contributed by atoms with E-state index in [9.17, 15) is 0 Å². The molecule has 0 bridgehead atoms. The lowest BCUT2D eigenvalue weighted by Crippen LogP contribution is -2.37. The Morgan fingerprint density at radius 2 is 2.08 bits per heavy atom. The normalized spacial score (nSPS) is 20.8. The van der Waals surface area contributed by atoms with Gasteiger partial charge in [-0.1, -0.05) is 0 Å². The van der Waals surface area contributed by atoms with Gasteiger partial charge in [0, 0.05) is 46.6 Å². The van der Waals surface area contributed by atoms with Gasteiger partial charge in [-0.2, -0.15) is 0 Å². The molecule has 132 valence electrons. The maximum Gasteiger partial charge on any atom is 0.163 e. The van der Waals surface area contributed by atoms with Gasteiger partial charge in [-0.15, -0.1) is 0 Å². The van der Waals surface area contributed by atoms with Crippen LogP contribution in [0.3, 0.4) is 0 Å². The molecule has 1 aromatic rings. The van der Waals surface area contributed by atoms with E-state index in [1.54, 1.807) is 7.11 Å². The molecule has 0 aliphatic carbocycles. The van der Waals surface area contributed by atoms with Crippen molar-refractivity contribution in [1.82, 2.24) is 4.90 Å². The third-order valence-electron chi connectivity index (χ3n) is 4.32. The molecule has 0 aromatic heterocycles. The third kappa shape index (κ3) is 4.34. The molecule has 0 amide bonds. The number of methoxy groups -OCH3 is 1. The Morgan fingerprint density at radius 3 is 2.83 bits per heavy atom. The number of rotatable bonds is 6. The molecule has 24 heavy (non-hydrogen) atoms. The zero-order valence-corrected chi connectivity index (χ0v) is 16.5. The second-order valence-corrected chi connectivity index (χ2v) is 7.31. The van der Waals surface area contributed by atoms with Crippen molar-refractivity contribution < 1.29 is 14.2 Å². The van der Waals surface area contributed by atoms with E-state index in [1.165, 1.54) is 9.14 Å². The Labute approximate surface area is 157 Å². The van der Waals surface area contributed by atoms with Gasteiger partial charge in [0.2, 0.25) is 0 Å². The van der Waals surface area contributed by atoms with E-state index in [-0.39, 0.29) is 0 Å². The number of morpholine rings is 1. The van der Waals surface area contributed by atoms with Crippen LogP contribution in [0, 0.1) is 0 Å². The van der Waals surface area contributed by atoms with Gasteiger partial charge < -0.3 is 19.5 Å². The summed E-state index contributed by atoms with van der Waals surface area (Å²) in [6.07, 6.45) is 3.21. The Morgan fingerprint density at radius 1 is 1.29 bits per heavy atom. The summed E-state index contributed by atoms with van der Waals surface area (Å²) in [5, 5.41) is 3.49. The van der Waals surface area contributed by atoms with Crippen molar-refractivity contribution in [3.63, 3.8) is 0 Å². The summed E-state index contributed by atoms with van der Waals surface area (Å²) < 4.78 is 18.2. The first-order chi connectivity index (χ1) is 11.7. The zero-order valence-electron chi connectivity index (χ0n) is 14.3. The molecule has 1 unspecified atom stereocenters. The number of ether oxygens (including phenoxy) is 3. The van der Waals surface area contributed by atoms with Gasteiger partial charge in [-0.25, -0.2) is 0 Å². The summed E-state index contributed by atoms with van der Waals surface area (Å²) in [6, 6.07) is 4.45. The van der Waals surface area contributed by atoms with E-state index in [4.69, 9.17) is 14.2 Å². The van der Waals surface area contributed by atoms with Gasteiger partial charge in [0.15, 0.2) is 11.5 Å². The first-order valence-corrected chi connectivity index (χ1v) is 9.54. The number of anilines is 1. The maximum absolute atomic E-state index is 6.01. The van der Waals surface area contributed by atoms with E-state index in [0.29, 0.717) is 12.6 Å². The number of hydrogen-bond acceptors (Lipinski definition) is 5. The lowest BCUT2D eigenvalue weighted by molar-refractivity contribution is 0.0357. The fourth-order valence-corrected chi connectivity index (χ4v) is 4.03. The smallest absolute Gasteiger partial charge is 0.163 e. The highest BCUT2D eigenvalue weighted by molar-refractivity contribution is 14.1. The molecule has 1 N–H and O–H groups in total. The summed E-state index contributed by atoms with van der Waals surface area (Å²) in [4.78, 5) is 2.42. The van der Waals surface area contributed by atoms with Crippen LogP contribution in [0.2, 0.25) is 0 Å². The van der Waals surface area contributed by atoms with Crippen molar-refractivity contribution in [1.29, 1.82) is 0 Å². The SMILES string of the molecule is COc1cc2c(cc1OCCCN1CCOCC1)NC(C)C=C2I. The lowest BCUT2D eigenvalue weighted by Gasteiger charge is -2.26. The average molecular weight is 444 g/mol. The van der Waals surface area contributed by atoms with Crippen molar-refractivity contribution >= 4 is 31.9 Å². The Hall–Kier alpha value is -0.990. The number of fused-ring (bicyclic) bond motifs is 1. The molecule has 1 fully saturated rings. The second kappa shape index (κ2) is 8.40. The van der Waals surface area contributed by atoms with Crippen molar-refractivity contribution in [3.05, 3.63) is 23.8 Å². The summed E-state index contributed by atoms with van der Waals surface area (Å²) in [5.41, 5.74) is 2.28. The summed E-state index contributed by atoms with van der Waals surface area (Å²) in [5.74, 6) is 1.60. The summed E-state index contributed by atoms with van der Waals surface area (Å²) >= 11 is 2.38. The van der Waals surface area contributed by atoms with Gasteiger partial charge in [-0.3, -0.25) is 4.90 Å². The molecule has 1 saturated heterocycles. The molecule has 0 spiro atoms. The molecule has 1 aromatic carbocycles. The van der Waals surface area contributed by atoms with E-state index < -0.39 is 0 Å². The van der Waals surface area contributed by atoms with Gasteiger partial charge in [0.25, 0.3) is 0 Å². The standard InChI is InChI=1S/C18H25IN2O3/c1-13-10-15(19)14-11-17(22-2)18(12-16(14)20-13)24-7-3-4-21-5-8-23-9-6-21/h10-13,20H,3-9H2,1-2H3. The molecule has 0 saturated carbocycles. The molecule has 0 radical (unpaired) electrons. The Bertz CT molecular complexity index is 600. The van der Waals surface area contributed by atoms with Gasteiger partial charge in [-0.05, 0) is 48.1 Å². The van der Waals surface area contributed by atoms with E-state index in [0.717, 1.165) is 56.5 Å². The van der Waals surface area contributed by atoms with Crippen LogP contribution >= 0.6 is 22.6 Å². The number of benzene rings is 1. The molecular formula is C18H25IN2O3. The van der Waals surface area contributed by atoms with Crippen molar-refractivity contribution in [2.45, 2.75) is 19.4 Å². The minimum absolute atomic E-state index is 0.326. The number of nitrogens with one attached hydrogen (secondary N) is 1. The Kier molecular flexibility index (Phi) is 6.24. The minimum atomic E-state index is 0.326. The van der Waals surface area contributed by atoms with Crippen molar-refractivity contribution in [2.75, 3.05) is 51.9 Å². The van der Waals surface area contributed by atoms with Crippen LogP contribution in [-0.2, 0) is 4.74 Å². The number of hydrogen-bond donors (Lipinski definition) is 1. The average Bonchev–Trinajstić information content (AvgIpc) is 2.59. The minimum Gasteiger partial charge on any atom is -0.493 e. The van der Waals surface area contributed by atoms with Crippen LogP contribution in [0.1, 0.15) is 18.9 Å². The highest BCUT2D eigenvalue weighted by Crippen LogP contribution is 2.41. The topological polar surface area (TPSA) is 43.0 Å². The fourth-order valence-electron chi connectivity index (χ4n) is 3.04. The fraction of sp³-hybridized carbons (Fsp3) is 0.556. The largest absolute Gasteiger partial charge is 0.493 e. The van der Waals surface area contributed by atoms with Gasteiger partial charge in [0.05, 0.1) is 26.9 Å². The molecule has 6 heteroatoms. The van der Waals surface area contributed by atoms with Gasteiger partial charge >= 0.3 is 0 Å². The zero-order chi connectivity index (χ0) is 16.9. The number of halogens is 1. The van der Waals surface area contributed by atoms with Crippen LogP contribution in [0.5, 0.6) is 11.5 Å². The highest BCUT2D eigenvalue weighted by Gasteiger charge is 2.19. The monoisotopic (exact) mass is 444 g/mol. The van der Waals surface area contributed by atoms with Crippen LogP contribution in [0.15, 0.2) is 18.2 Å². The summed E-state index contributed by atoms with van der Waals surface area (Å²) in [7, 11) is 1.69. The van der Waals surface area contributed by atoms with E-state index in [2.05, 4.69) is 57.9 Å². The molecule has 2 aliphatic rings. The predicted molar refractivity (Wildman–Crippen MR) is 105 cm³/mol. The molecule has 2 aliphatic heterocycles. The van der Waals surface area contributed by atoms with E-state index >= 15 is 0 Å². The molecule has 1 atom stereocenters. The molecule has 3 rings (SSSR count). The third-order valence-corrected chi connectivity index (χ3v) is 5.26. The van der Waals surface area contributed by atoms with Crippen LogP contribution in [0.4, 0.5) is 5.69 Å². The molecule has 2 heterocycles.